The maximum Gasteiger partial charge on any atom is 0.290 e. The van der Waals surface area contributed by atoms with Crippen LogP contribution in [0.3, 0.4) is 0 Å². The van der Waals surface area contributed by atoms with Crippen molar-refractivity contribution in [1.82, 2.24) is 24.5 Å². The Kier molecular flexibility index (Phi) is 11.3. The minimum Gasteiger partial charge on any atom is -0.483 e. The summed E-state index contributed by atoms with van der Waals surface area (Å²) in [6, 6.07) is 6.86. The number of benzene rings is 1. The summed E-state index contributed by atoms with van der Waals surface area (Å²) in [5.74, 6) is 0. The van der Waals surface area contributed by atoms with E-state index in [1.807, 2.05) is 0 Å². The van der Waals surface area contributed by atoms with Crippen LogP contribution >= 0.6 is 0 Å². The molecule has 1 aromatic heterocycles. The van der Waals surface area contributed by atoms with Crippen LogP contribution in [-0.4, -0.2) is 92.5 Å². The molecule has 1 saturated heterocycles. The molecule has 2 aliphatic heterocycles. The van der Waals surface area contributed by atoms with Crippen LogP contribution in [0.5, 0.6) is 0 Å². The number of hydrogen-bond donors (Lipinski definition) is 3. The van der Waals surface area contributed by atoms with Gasteiger partial charge < -0.3 is 20.2 Å². The second-order valence-corrected chi connectivity index (χ2v) is 9.17. The zero-order chi connectivity index (χ0) is 26.0. The molecule has 3 heterocycles. The molecule has 0 spiro atoms. The summed E-state index contributed by atoms with van der Waals surface area (Å²) in [7, 11) is 2.21. The molecule has 1 fully saturated rings. The minimum absolute atomic E-state index is 0.250. The van der Waals surface area contributed by atoms with Gasteiger partial charge in [0.15, 0.2) is 0 Å². The average Bonchev–Trinajstić information content (AvgIpc) is 3.23. The lowest BCUT2D eigenvalue weighted by molar-refractivity contribution is -0.123. The van der Waals surface area contributed by atoms with E-state index in [0.29, 0.717) is 0 Å². The van der Waals surface area contributed by atoms with Gasteiger partial charge in [0, 0.05) is 52.4 Å². The lowest BCUT2D eigenvalue weighted by atomic mass is 9.98. The number of carbonyl (C=O) groups is 2. The van der Waals surface area contributed by atoms with Crippen LogP contribution in [0.25, 0.3) is 0 Å². The van der Waals surface area contributed by atoms with E-state index in [1.54, 1.807) is 6.92 Å². The second-order valence-electron chi connectivity index (χ2n) is 9.17. The van der Waals surface area contributed by atoms with Crippen LogP contribution in [0.1, 0.15) is 46.7 Å². The van der Waals surface area contributed by atoms with Gasteiger partial charge in [0.25, 0.3) is 12.9 Å². The van der Waals surface area contributed by atoms with Crippen LogP contribution in [0.2, 0.25) is 0 Å². The summed E-state index contributed by atoms with van der Waals surface area (Å²) in [6.45, 7) is 15.2. The number of piperazine rings is 1. The Bertz CT molecular complexity index is 948. The van der Waals surface area contributed by atoms with E-state index in [4.69, 9.17) is 19.8 Å². The largest absolute Gasteiger partial charge is 0.483 e. The maximum absolute atomic E-state index is 9.82. The number of nitrogens with zero attached hydrogens (tertiary/aromatic N) is 5. The van der Waals surface area contributed by atoms with Crippen LogP contribution in [0, 0.1) is 13.8 Å². The van der Waals surface area contributed by atoms with Crippen LogP contribution < -0.4 is 0 Å². The van der Waals surface area contributed by atoms with Crippen LogP contribution in [-0.2, 0) is 35.8 Å². The molecular weight excluding hydrogens is 450 g/mol. The Morgan fingerprint density at radius 3 is 1.94 bits per heavy atom. The summed E-state index contributed by atoms with van der Waals surface area (Å²) >= 11 is 0. The molecule has 10 heteroatoms. The van der Waals surface area contributed by atoms with Gasteiger partial charge in [-0.25, -0.2) is 0 Å². The summed E-state index contributed by atoms with van der Waals surface area (Å²) in [6.07, 6.45) is -0.502. The molecule has 1 atom stereocenters. The van der Waals surface area contributed by atoms with Crippen LogP contribution in [0.4, 0.5) is 0 Å². The highest BCUT2D eigenvalue weighted by Gasteiger charge is 2.21. The SMILES string of the molecule is Cc1cc(C)c(CN2CCn3nc(C(C)O)cc3C2)cc1CN1CCN(C)CC1.O=CO.O=CO. The van der Waals surface area contributed by atoms with Gasteiger partial charge in [0.05, 0.1) is 24.0 Å². The van der Waals surface area contributed by atoms with E-state index in [2.05, 4.69) is 63.6 Å². The number of likely N-dealkylation sites (N-methyl/N-ethyl adjacent to an activating group) is 1. The highest BCUT2D eigenvalue weighted by Crippen LogP contribution is 2.23. The quantitative estimate of drug-likeness (QED) is 0.539. The first-order valence-corrected chi connectivity index (χ1v) is 11.8. The van der Waals surface area contributed by atoms with Gasteiger partial charge in [0.2, 0.25) is 0 Å². The van der Waals surface area contributed by atoms with Crippen molar-refractivity contribution >= 4 is 12.9 Å². The monoisotopic (exact) mass is 489 g/mol. The molecule has 2 aromatic rings. The van der Waals surface area contributed by atoms with Gasteiger partial charge in [0.1, 0.15) is 0 Å². The van der Waals surface area contributed by atoms with Crippen LogP contribution in [0.15, 0.2) is 18.2 Å². The zero-order valence-corrected chi connectivity index (χ0v) is 21.2. The molecule has 1 aromatic carbocycles. The number of aliphatic hydroxyl groups excluding tert-OH is 1. The first-order valence-electron chi connectivity index (χ1n) is 11.8. The molecule has 4 rings (SSSR count). The molecule has 194 valence electrons. The van der Waals surface area contributed by atoms with Gasteiger partial charge in [-0.3, -0.25) is 24.1 Å². The Balaban J connectivity index is 0.000000655. The fourth-order valence-electron chi connectivity index (χ4n) is 4.46. The maximum atomic E-state index is 9.82. The summed E-state index contributed by atoms with van der Waals surface area (Å²) in [5, 5.41) is 28.1. The van der Waals surface area contributed by atoms with Gasteiger partial charge >= 0.3 is 0 Å². The van der Waals surface area contributed by atoms with Crippen molar-refractivity contribution in [1.29, 1.82) is 0 Å². The Morgan fingerprint density at radius 2 is 1.40 bits per heavy atom. The Hall–Kier alpha value is -2.79. The normalized spacial score (nSPS) is 17.3. The van der Waals surface area contributed by atoms with E-state index < -0.39 is 6.10 Å². The fourth-order valence-corrected chi connectivity index (χ4v) is 4.46. The van der Waals surface area contributed by atoms with E-state index >= 15 is 0 Å². The number of aliphatic hydroxyl groups is 1. The van der Waals surface area contributed by atoms with Gasteiger partial charge in [-0.1, -0.05) is 12.1 Å². The van der Waals surface area contributed by atoms with Crippen molar-refractivity contribution < 1.29 is 24.9 Å². The van der Waals surface area contributed by atoms with E-state index in [-0.39, 0.29) is 12.9 Å². The van der Waals surface area contributed by atoms with Gasteiger partial charge in [-0.05, 0) is 56.1 Å². The third-order valence-electron chi connectivity index (χ3n) is 6.50. The molecule has 0 aliphatic carbocycles. The lowest BCUT2D eigenvalue weighted by Crippen LogP contribution is -2.44. The van der Waals surface area contributed by atoms with Gasteiger partial charge in [-0.2, -0.15) is 5.10 Å². The Labute approximate surface area is 207 Å². The third-order valence-corrected chi connectivity index (χ3v) is 6.50. The van der Waals surface area contributed by atoms with Crippen molar-refractivity contribution in [3.05, 3.63) is 51.8 Å². The van der Waals surface area contributed by atoms with Gasteiger partial charge in [-0.15, -0.1) is 0 Å². The molecule has 1 unspecified atom stereocenters. The average molecular weight is 490 g/mol. The van der Waals surface area contributed by atoms with E-state index in [1.165, 1.54) is 27.9 Å². The molecule has 0 radical (unpaired) electrons. The van der Waals surface area contributed by atoms with E-state index in [9.17, 15) is 5.11 Å². The Morgan fingerprint density at radius 1 is 0.886 bits per heavy atom. The predicted octanol–water partition coefficient (Wildman–Crippen LogP) is 1.72. The zero-order valence-electron chi connectivity index (χ0n) is 21.2. The first-order chi connectivity index (χ1) is 16.7. The molecule has 10 nitrogen and oxygen atoms in total. The number of rotatable bonds is 5. The fraction of sp³-hybridized carbons (Fsp3) is 0.560. The highest BCUT2D eigenvalue weighted by atomic mass is 16.3. The second kappa shape index (κ2) is 13.9. The number of carboxylic acid groups (broad SMARTS) is 2. The van der Waals surface area contributed by atoms with Crippen molar-refractivity contribution in [2.75, 3.05) is 39.8 Å². The molecule has 0 saturated carbocycles. The number of fused-ring (bicyclic) bond motifs is 1. The molecule has 35 heavy (non-hydrogen) atoms. The molecular formula is C25H39N5O5. The molecule has 2 aliphatic rings. The van der Waals surface area contributed by atoms with Crippen molar-refractivity contribution in [3.8, 4) is 0 Å². The number of aryl methyl sites for hydroxylation is 2. The predicted molar refractivity (Wildman–Crippen MR) is 133 cm³/mol. The smallest absolute Gasteiger partial charge is 0.290 e. The van der Waals surface area contributed by atoms with Crippen molar-refractivity contribution in [2.24, 2.45) is 0 Å². The summed E-state index contributed by atoms with van der Waals surface area (Å²) < 4.78 is 2.05. The molecule has 0 amide bonds. The molecule has 3 N–H and O–H groups in total. The van der Waals surface area contributed by atoms with Crippen molar-refractivity contribution in [3.63, 3.8) is 0 Å². The lowest BCUT2D eigenvalue weighted by Gasteiger charge is -2.33. The number of hydrogen-bond acceptors (Lipinski definition) is 7. The van der Waals surface area contributed by atoms with Crippen molar-refractivity contribution in [2.45, 2.75) is 53.1 Å². The molecule has 0 bridgehead atoms. The standard InChI is InChI=1S/C23H35N5O.2CH2O2/c1-17-11-18(2)21(12-20(17)14-26-7-5-25(4)6-8-26)15-27-9-10-28-22(16-27)13-23(24-28)19(3)29;2*2-1-3/h11-13,19,29H,5-10,14-16H2,1-4H3;2*1H,(H,2,3). The number of aromatic nitrogens is 2. The minimum atomic E-state index is -0.502. The highest BCUT2D eigenvalue weighted by molar-refractivity contribution is 5.37. The summed E-state index contributed by atoms with van der Waals surface area (Å²) in [4.78, 5) is 24.2. The first kappa shape index (κ1) is 28.4. The topological polar surface area (TPSA) is 122 Å². The summed E-state index contributed by atoms with van der Waals surface area (Å²) in [5.41, 5.74) is 7.67. The van der Waals surface area contributed by atoms with E-state index in [0.717, 1.165) is 64.6 Å². The third kappa shape index (κ3) is 8.43.